The van der Waals surface area contributed by atoms with Crippen molar-refractivity contribution in [2.45, 2.75) is 38.7 Å². The SMILES string of the molecule is CC1CN=C(C2CCCC2)O1. The first-order valence-corrected chi connectivity index (χ1v) is 4.57. The molecule has 0 saturated heterocycles. The van der Waals surface area contributed by atoms with Crippen molar-refractivity contribution in [1.29, 1.82) is 0 Å². The van der Waals surface area contributed by atoms with Crippen LogP contribution in [0, 0.1) is 5.92 Å². The Morgan fingerprint density at radius 1 is 1.36 bits per heavy atom. The number of hydrogen-bond donors (Lipinski definition) is 0. The quantitative estimate of drug-likeness (QED) is 0.564. The van der Waals surface area contributed by atoms with Crippen LogP contribution in [0.15, 0.2) is 4.99 Å². The molecule has 1 saturated carbocycles. The maximum Gasteiger partial charge on any atom is 0.186 e. The van der Waals surface area contributed by atoms with Crippen molar-refractivity contribution in [2.75, 3.05) is 6.54 Å². The highest BCUT2D eigenvalue weighted by Crippen LogP contribution is 2.28. The van der Waals surface area contributed by atoms with Gasteiger partial charge >= 0.3 is 0 Å². The van der Waals surface area contributed by atoms with E-state index in [0.29, 0.717) is 12.0 Å². The van der Waals surface area contributed by atoms with E-state index < -0.39 is 0 Å². The number of ether oxygens (including phenoxy) is 1. The summed E-state index contributed by atoms with van der Waals surface area (Å²) in [5.41, 5.74) is 0. The molecule has 0 bridgehead atoms. The standard InChI is InChI=1S/C9H15NO/c1-7-6-10-9(11-7)8-4-2-3-5-8/h7-8H,2-6H2,1H3. The van der Waals surface area contributed by atoms with Crippen LogP contribution in [0.3, 0.4) is 0 Å². The molecule has 2 nitrogen and oxygen atoms in total. The molecule has 1 fully saturated rings. The molecule has 0 aromatic heterocycles. The zero-order chi connectivity index (χ0) is 7.68. The Morgan fingerprint density at radius 3 is 2.64 bits per heavy atom. The largest absolute Gasteiger partial charge is 0.476 e. The highest BCUT2D eigenvalue weighted by molar-refractivity contribution is 5.80. The van der Waals surface area contributed by atoms with E-state index in [-0.39, 0.29) is 0 Å². The van der Waals surface area contributed by atoms with Crippen molar-refractivity contribution in [3.63, 3.8) is 0 Å². The molecule has 0 aromatic rings. The molecule has 1 unspecified atom stereocenters. The smallest absolute Gasteiger partial charge is 0.186 e. The number of nitrogens with zero attached hydrogens (tertiary/aromatic N) is 1. The van der Waals surface area contributed by atoms with Crippen LogP contribution in [0.4, 0.5) is 0 Å². The first kappa shape index (κ1) is 7.14. The van der Waals surface area contributed by atoms with Gasteiger partial charge in [-0.05, 0) is 19.8 Å². The van der Waals surface area contributed by atoms with Gasteiger partial charge in [-0.15, -0.1) is 0 Å². The first-order chi connectivity index (χ1) is 5.36. The highest BCUT2D eigenvalue weighted by atomic mass is 16.5. The molecule has 1 aliphatic carbocycles. The molecule has 1 aliphatic heterocycles. The molecule has 0 amide bonds. The van der Waals surface area contributed by atoms with Gasteiger partial charge in [0.25, 0.3) is 0 Å². The average Bonchev–Trinajstić information content (AvgIpc) is 2.55. The van der Waals surface area contributed by atoms with Crippen LogP contribution >= 0.6 is 0 Å². The molecule has 0 spiro atoms. The zero-order valence-electron chi connectivity index (χ0n) is 7.05. The summed E-state index contributed by atoms with van der Waals surface area (Å²) in [6.45, 7) is 2.97. The van der Waals surface area contributed by atoms with Crippen LogP contribution in [0.5, 0.6) is 0 Å². The van der Waals surface area contributed by atoms with E-state index in [1.54, 1.807) is 0 Å². The average molecular weight is 153 g/mol. The Balaban J connectivity index is 1.94. The van der Waals surface area contributed by atoms with E-state index >= 15 is 0 Å². The van der Waals surface area contributed by atoms with Gasteiger partial charge in [0.1, 0.15) is 6.10 Å². The van der Waals surface area contributed by atoms with Crippen molar-refractivity contribution >= 4 is 5.90 Å². The summed E-state index contributed by atoms with van der Waals surface area (Å²) < 4.78 is 5.60. The second kappa shape index (κ2) is 2.84. The van der Waals surface area contributed by atoms with Crippen LogP contribution in [-0.2, 0) is 4.74 Å². The van der Waals surface area contributed by atoms with E-state index in [2.05, 4.69) is 11.9 Å². The lowest BCUT2D eigenvalue weighted by atomic mass is 10.1. The molecule has 0 aromatic carbocycles. The molecule has 11 heavy (non-hydrogen) atoms. The summed E-state index contributed by atoms with van der Waals surface area (Å²) in [5.74, 6) is 1.72. The minimum absolute atomic E-state index is 0.339. The molecule has 0 N–H and O–H groups in total. The Bertz CT molecular complexity index is 170. The third-order valence-electron chi connectivity index (χ3n) is 2.53. The van der Waals surface area contributed by atoms with E-state index in [4.69, 9.17) is 4.74 Å². The fourth-order valence-electron chi connectivity index (χ4n) is 1.90. The van der Waals surface area contributed by atoms with E-state index in [9.17, 15) is 0 Å². The molecule has 2 rings (SSSR count). The molecule has 0 radical (unpaired) electrons. The van der Waals surface area contributed by atoms with Gasteiger partial charge in [-0.25, -0.2) is 0 Å². The van der Waals surface area contributed by atoms with E-state index in [1.165, 1.54) is 25.7 Å². The molecule has 62 valence electrons. The van der Waals surface area contributed by atoms with Gasteiger partial charge in [-0.2, -0.15) is 0 Å². The number of hydrogen-bond acceptors (Lipinski definition) is 2. The monoisotopic (exact) mass is 153 g/mol. The van der Waals surface area contributed by atoms with Gasteiger partial charge < -0.3 is 4.74 Å². The minimum Gasteiger partial charge on any atom is -0.476 e. The van der Waals surface area contributed by atoms with Crippen molar-refractivity contribution < 1.29 is 4.74 Å². The van der Waals surface area contributed by atoms with Crippen LogP contribution in [0.25, 0.3) is 0 Å². The molecule has 1 heterocycles. The summed E-state index contributed by atoms with van der Waals surface area (Å²) in [7, 11) is 0. The second-order valence-corrected chi connectivity index (χ2v) is 3.59. The van der Waals surface area contributed by atoms with Crippen molar-refractivity contribution in [1.82, 2.24) is 0 Å². The fourth-order valence-corrected chi connectivity index (χ4v) is 1.90. The topological polar surface area (TPSA) is 21.6 Å². The summed E-state index contributed by atoms with van der Waals surface area (Å²) in [6, 6.07) is 0. The lowest BCUT2D eigenvalue weighted by Gasteiger charge is -2.10. The molecular formula is C9H15NO. The Morgan fingerprint density at radius 2 is 2.09 bits per heavy atom. The Hall–Kier alpha value is -0.530. The summed E-state index contributed by atoms with van der Waals surface area (Å²) in [6.07, 6.45) is 5.66. The minimum atomic E-state index is 0.339. The maximum atomic E-state index is 5.60. The van der Waals surface area contributed by atoms with E-state index in [1.807, 2.05) is 0 Å². The Kier molecular flexibility index (Phi) is 1.84. The van der Waals surface area contributed by atoms with Crippen molar-refractivity contribution in [3.05, 3.63) is 0 Å². The first-order valence-electron chi connectivity index (χ1n) is 4.57. The highest BCUT2D eigenvalue weighted by Gasteiger charge is 2.26. The van der Waals surface area contributed by atoms with Gasteiger partial charge in [-0.1, -0.05) is 12.8 Å². The molecular weight excluding hydrogens is 138 g/mol. The van der Waals surface area contributed by atoms with Crippen molar-refractivity contribution in [2.24, 2.45) is 10.9 Å². The summed E-state index contributed by atoms with van der Waals surface area (Å²) >= 11 is 0. The van der Waals surface area contributed by atoms with Gasteiger partial charge in [0.05, 0.1) is 6.54 Å². The second-order valence-electron chi connectivity index (χ2n) is 3.59. The number of rotatable bonds is 1. The molecule has 2 aliphatic rings. The third-order valence-corrected chi connectivity index (χ3v) is 2.53. The zero-order valence-corrected chi connectivity index (χ0v) is 7.05. The van der Waals surface area contributed by atoms with Crippen LogP contribution in [0.1, 0.15) is 32.6 Å². The lowest BCUT2D eigenvalue weighted by molar-refractivity contribution is 0.230. The Labute approximate surface area is 67.7 Å². The van der Waals surface area contributed by atoms with Gasteiger partial charge in [-0.3, -0.25) is 4.99 Å². The number of aliphatic imine (C=N–C) groups is 1. The van der Waals surface area contributed by atoms with Crippen molar-refractivity contribution in [3.8, 4) is 0 Å². The normalized spacial score (nSPS) is 32.1. The third kappa shape index (κ3) is 1.39. The molecule has 2 heteroatoms. The maximum absolute atomic E-state index is 5.60. The van der Waals surface area contributed by atoms with Crippen LogP contribution in [0.2, 0.25) is 0 Å². The van der Waals surface area contributed by atoms with Gasteiger partial charge in [0, 0.05) is 5.92 Å². The predicted molar refractivity (Wildman–Crippen MR) is 44.8 cm³/mol. The van der Waals surface area contributed by atoms with Gasteiger partial charge in [0.2, 0.25) is 0 Å². The predicted octanol–water partition coefficient (Wildman–Crippen LogP) is 1.99. The van der Waals surface area contributed by atoms with Gasteiger partial charge in [0.15, 0.2) is 5.90 Å². The summed E-state index contributed by atoms with van der Waals surface area (Å²) in [4.78, 5) is 4.39. The molecule has 1 atom stereocenters. The fraction of sp³-hybridized carbons (Fsp3) is 0.889. The van der Waals surface area contributed by atoms with Crippen LogP contribution < -0.4 is 0 Å². The lowest BCUT2D eigenvalue weighted by Crippen LogP contribution is -2.14. The van der Waals surface area contributed by atoms with E-state index in [0.717, 1.165) is 12.4 Å². The van der Waals surface area contributed by atoms with Crippen LogP contribution in [-0.4, -0.2) is 18.5 Å². The summed E-state index contributed by atoms with van der Waals surface area (Å²) in [5, 5.41) is 0.